The molecule has 0 atom stereocenters. The zero-order valence-electron chi connectivity index (χ0n) is 21.2. The van der Waals surface area contributed by atoms with E-state index >= 15 is 0 Å². The molecule has 1 aromatic carbocycles. The third-order valence-electron chi connectivity index (χ3n) is 7.04. The first kappa shape index (κ1) is 24.1. The van der Waals surface area contributed by atoms with Crippen LogP contribution < -0.4 is 21.1 Å². The number of aliphatic hydroxyl groups is 1. The molecular weight excluding hydrogens is 488 g/mol. The highest BCUT2D eigenvalue weighted by Crippen LogP contribution is 2.26. The second-order valence-corrected chi connectivity index (χ2v) is 9.34. The molecule has 3 N–H and O–H groups in total. The molecule has 5 aromatic rings. The first-order valence-corrected chi connectivity index (χ1v) is 12.6. The van der Waals surface area contributed by atoms with Crippen molar-refractivity contribution >= 4 is 28.3 Å². The lowest BCUT2D eigenvalue weighted by Gasteiger charge is -2.36. The van der Waals surface area contributed by atoms with E-state index < -0.39 is 0 Å². The molecule has 198 valence electrons. The van der Waals surface area contributed by atoms with E-state index in [1.54, 1.807) is 33.0 Å². The summed E-state index contributed by atoms with van der Waals surface area (Å²) in [5.74, 6) is 1.59. The standard InChI is InChI=1S/C26H30N8O4/c1-30-23-21-17-20(22-6-3-14-38-22)29-34(21)25(27)28-24(23)33(26(30)36)12-9-31-7-10-32(11-8-31)18-4-2-5-19(16-18)37-15-13-35/h2-6,14,16-17,35H,7-13,15H2,1H3,(H2,27,28). The summed E-state index contributed by atoms with van der Waals surface area (Å²) in [7, 11) is 1.75. The molecule has 12 heteroatoms. The number of nitrogens with two attached hydrogens (primary N) is 1. The minimum absolute atomic E-state index is 0.00979. The second kappa shape index (κ2) is 9.88. The highest BCUT2D eigenvalue weighted by atomic mass is 16.5. The van der Waals surface area contributed by atoms with Gasteiger partial charge in [0, 0.05) is 58.1 Å². The number of benzene rings is 1. The van der Waals surface area contributed by atoms with E-state index in [-0.39, 0.29) is 24.9 Å². The molecule has 6 rings (SSSR count). The van der Waals surface area contributed by atoms with Crippen molar-refractivity contribution in [2.24, 2.45) is 7.05 Å². The molecule has 1 saturated heterocycles. The number of ether oxygens (including phenoxy) is 1. The average Bonchev–Trinajstić information content (AvgIpc) is 3.67. The smallest absolute Gasteiger partial charge is 0.330 e. The quantitative estimate of drug-likeness (QED) is 0.313. The van der Waals surface area contributed by atoms with Crippen molar-refractivity contribution in [3.8, 4) is 17.2 Å². The van der Waals surface area contributed by atoms with Crippen LogP contribution in [0, 0.1) is 0 Å². The molecule has 0 amide bonds. The van der Waals surface area contributed by atoms with Gasteiger partial charge in [-0.3, -0.25) is 14.0 Å². The van der Waals surface area contributed by atoms with Crippen molar-refractivity contribution in [1.82, 2.24) is 28.6 Å². The molecule has 1 fully saturated rings. The van der Waals surface area contributed by atoms with Crippen LogP contribution in [0.4, 0.5) is 11.6 Å². The lowest BCUT2D eigenvalue weighted by atomic mass is 10.2. The maximum Gasteiger partial charge on any atom is 0.330 e. The van der Waals surface area contributed by atoms with Gasteiger partial charge in [0.15, 0.2) is 11.4 Å². The monoisotopic (exact) mass is 518 g/mol. The number of imidazole rings is 1. The summed E-state index contributed by atoms with van der Waals surface area (Å²) in [5, 5.41) is 13.5. The van der Waals surface area contributed by atoms with Gasteiger partial charge in [-0.15, -0.1) is 0 Å². The van der Waals surface area contributed by atoms with Crippen molar-refractivity contribution in [3.05, 3.63) is 59.2 Å². The molecule has 0 bridgehead atoms. The van der Waals surface area contributed by atoms with Crippen LogP contribution in [0.25, 0.3) is 28.1 Å². The second-order valence-electron chi connectivity index (χ2n) is 9.34. The Kier molecular flexibility index (Phi) is 6.26. The molecule has 1 aliphatic rings. The van der Waals surface area contributed by atoms with Gasteiger partial charge in [-0.1, -0.05) is 6.07 Å². The third kappa shape index (κ3) is 4.27. The lowest BCUT2D eigenvalue weighted by Crippen LogP contribution is -2.47. The number of nitrogen functional groups attached to an aromatic ring is 1. The SMILES string of the molecule is Cn1c(=O)n(CCN2CCN(c3cccc(OCCO)c3)CC2)c2nc(N)n3nc(-c4ccco4)cc3c21. The molecule has 0 aliphatic carbocycles. The Balaban J connectivity index is 1.19. The Morgan fingerprint density at radius 2 is 1.95 bits per heavy atom. The fourth-order valence-corrected chi connectivity index (χ4v) is 5.08. The fraction of sp³-hybridized carbons (Fsp3) is 0.346. The summed E-state index contributed by atoms with van der Waals surface area (Å²) in [6.07, 6.45) is 1.59. The molecule has 38 heavy (non-hydrogen) atoms. The van der Waals surface area contributed by atoms with E-state index in [0.29, 0.717) is 34.7 Å². The lowest BCUT2D eigenvalue weighted by molar-refractivity contribution is 0.201. The topological polar surface area (TPSA) is 132 Å². The van der Waals surface area contributed by atoms with Crippen LogP contribution in [0.15, 0.2) is 57.9 Å². The number of furan rings is 1. The fourth-order valence-electron chi connectivity index (χ4n) is 5.08. The van der Waals surface area contributed by atoms with E-state index in [2.05, 4.69) is 25.9 Å². The summed E-state index contributed by atoms with van der Waals surface area (Å²) >= 11 is 0. The average molecular weight is 519 g/mol. The van der Waals surface area contributed by atoms with Crippen LogP contribution >= 0.6 is 0 Å². The number of nitrogens with zero attached hydrogens (tertiary/aromatic N) is 7. The number of rotatable bonds is 8. The van der Waals surface area contributed by atoms with Gasteiger partial charge in [0.1, 0.15) is 23.6 Å². The number of fused-ring (bicyclic) bond motifs is 3. The van der Waals surface area contributed by atoms with Crippen molar-refractivity contribution < 1.29 is 14.3 Å². The molecular formula is C26H30N8O4. The zero-order valence-corrected chi connectivity index (χ0v) is 21.2. The minimum atomic E-state index is -0.140. The summed E-state index contributed by atoms with van der Waals surface area (Å²) < 4.78 is 15.9. The molecule has 0 saturated carbocycles. The minimum Gasteiger partial charge on any atom is -0.491 e. The first-order valence-electron chi connectivity index (χ1n) is 12.6. The zero-order chi connectivity index (χ0) is 26.2. The van der Waals surface area contributed by atoms with Crippen LogP contribution in [-0.2, 0) is 13.6 Å². The highest BCUT2D eigenvalue weighted by Gasteiger charge is 2.22. The number of piperazine rings is 1. The Bertz CT molecular complexity index is 1630. The van der Waals surface area contributed by atoms with Crippen LogP contribution in [0.3, 0.4) is 0 Å². The molecule has 0 spiro atoms. The Morgan fingerprint density at radius 1 is 1.11 bits per heavy atom. The third-order valence-corrected chi connectivity index (χ3v) is 7.04. The van der Waals surface area contributed by atoms with Gasteiger partial charge >= 0.3 is 5.69 Å². The van der Waals surface area contributed by atoms with E-state index in [0.717, 1.165) is 44.2 Å². The summed E-state index contributed by atoms with van der Waals surface area (Å²) in [4.78, 5) is 22.5. The number of aromatic nitrogens is 5. The van der Waals surface area contributed by atoms with E-state index in [1.165, 1.54) is 0 Å². The van der Waals surface area contributed by atoms with Gasteiger partial charge in [0.05, 0.1) is 18.4 Å². The van der Waals surface area contributed by atoms with Gasteiger partial charge < -0.3 is 24.9 Å². The van der Waals surface area contributed by atoms with Crippen LogP contribution in [0.2, 0.25) is 0 Å². The Morgan fingerprint density at radius 3 is 2.71 bits per heavy atom. The predicted molar refractivity (Wildman–Crippen MR) is 144 cm³/mol. The van der Waals surface area contributed by atoms with Gasteiger partial charge in [0.25, 0.3) is 0 Å². The van der Waals surface area contributed by atoms with Gasteiger partial charge in [-0.2, -0.15) is 14.6 Å². The predicted octanol–water partition coefficient (Wildman–Crippen LogP) is 1.42. The van der Waals surface area contributed by atoms with E-state index in [4.69, 9.17) is 20.0 Å². The Labute approximate surface area is 218 Å². The van der Waals surface area contributed by atoms with Crippen molar-refractivity contribution in [2.45, 2.75) is 6.54 Å². The van der Waals surface area contributed by atoms with Gasteiger partial charge in [0.2, 0.25) is 5.95 Å². The molecule has 0 unspecified atom stereocenters. The number of anilines is 2. The summed E-state index contributed by atoms with van der Waals surface area (Å²) in [6.45, 7) is 4.97. The summed E-state index contributed by atoms with van der Waals surface area (Å²) in [5.41, 5.74) is 9.78. The molecule has 5 heterocycles. The van der Waals surface area contributed by atoms with Crippen molar-refractivity contribution in [1.29, 1.82) is 0 Å². The molecule has 0 radical (unpaired) electrons. The van der Waals surface area contributed by atoms with Crippen LogP contribution in [0.1, 0.15) is 0 Å². The molecule has 4 aromatic heterocycles. The number of hydrogen-bond acceptors (Lipinski definition) is 9. The van der Waals surface area contributed by atoms with Crippen LogP contribution in [0.5, 0.6) is 5.75 Å². The first-order chi connectivity index (χ1) is 18.5. The number of hydrogen-bond donors (Lipinski definition) is 2. The molecule has 12 nitrogen and oxygen atoms in total. The maximum absolute atomic E-state index is 13.2. The van der Waals surface area contributed by atoms with Crippen LogP contribution in [-0.4, -0.2) is 79.7 Å². The number of aliphatic hydroxyl groups excluding tert-OH is 1. The molecule has 1 aliphatic heterocycles. The van der Waals surface area contributed by atoms with Gasteiger partial charge in [-0.25, -0.2) is 4.79 Å². The largest absolute Gasteiger partial charge is 0.491 e. The summed E-state index contributed by atoms with van der Waals surface area (Å²) in [6, 6.07) is 13.4. The Hall–Kier alpha value is -4.29. The van der Waals surface area contributed by atoms with Gasteiger partial charge in [-0.05, 0) is 30.3 Å². The van der Waals surface area contributed by atoms with Crippen molar-refractivity contribution in [3.63, 3.8) is 0 Å². The van der Waals surface area contributed by atoms with E-state index in [1.807, 2.05) is 30.3 Å². The number of aryl methyl sites for hydroxylation is 1. The normalized spacial score (nSPS) is 14.6. The van der Waals surface area contributed by atoms with E-state index in [9.17, 15) is 4.79 Å². The van der Waals surface area contributed by atoms with Crippen molar-refractivity contribution in [2.75, 3.05) is 56.6 Å². The maximum atomic E-state index is 13.2. The highest BCUT2D eigenvalue weighted by molar-refractivity contribution is 5.91.